The van der Waals surface area contributed by atoms with Crippen molar-refractivity contribution in [1.29, 1.82) is 0 Å². The van der Waals surface area contributed by atoms with Crippen molar-refractivity contribution in [1.82, 2.24) is 0 Å². The van der Waals surface area contributed by atoms with Crippen LogP contribution in [0.15, 0.2) is 58.3 Å². The number of halogens is 3. The van der Waals surface area contributed by atoms with Gasteiger partial charge in [0.25, 0.3) is 0 Å². The molecule has 0 N–H and O–H groups in total. The molecule has 0 radical (unpaired) electrons. The zero-order chi connectivity index (χ0) is 18.9. The van der Waals surface area contributed by atoms with E-state index in [0.717, 1.165) is 18.4 Å². The lowest BCUT2D eigenvalue weighted by molar-refractivity contribution is -0.137. The smallest absolute Gasteiger partial charge is 0.224 e. The van der Waals surface area contributed by atoms with Gasteiger partial charge in [0.15, 0.2) is 19.7 Å². The summed E-state index contributed by atoms with van der Waals surface area (Å²) in [6, 6.07) is 9.12. The highest BCUT2D eigenvalue weighted by Crippen LogP contribution is 2.29. The van der Waals surface area contributed by atoms with E-state index in [1.54, 1.807) is 0 Å². The first-order valence-corrected chi connectivity index (χ1v) is 10.6. The number of alkyl halides is 3. The van der Waals surface area contributed by atoms with Crippen molar-refractivity contribution in [3.05, 3.63) is 59.7 Å². The molecule has 136 valence electrons. The third kappa shape index (κ3) is 5.05. The van der Waals surface area contributed by atoms with Gasteiger partial charge in [-0.15, -0.1) is 0 Å². The molecule has 9 heteroatoms. The largest absolute Gasteiger partial charge is 0.416 e. The Hall–Kier alpha value is -1.87. The lowest BCUT2D eigenvalue weighted by atomic mass is 10.1. The van der Waals surface area contributed by atoms with E-state index in [-0.39, 0.29) is 22.0 Å². The van der Waals surface area contributed by atoms with E-state index in [1.807, 2.05) is 0 Å². The molecule has 0 saturated heterocycles. The first-order valence-electron chi connectivity index (χ1n) is 7.09. The van der Waals surface area contributed by atoms with Crippen LogP contribution < -0.4 is 0 Å². The Morgan fingerprint density at radius 2 is 1.28 bits per heavy atom. The SMILES string of the molecule is CS(=O)(=O)c1ccc(S(=O)(=O)CCc2ccc(C(F)(F)F)cc2)cc1. The molecule has 0 aliphatic heterocycles. The van der Waals surface area contributed by atoms with Gasteiger partial charge in [-0.1, -0.05) is 12.1 Å². The number of hydrogen-bond donors (Lipinski definition) is 0. The van der Waals surface area contributed by atoms with E-state index in [0.29, 0.717) is 5.56 Å². The van der Waals surface area contributed by atoms with Crippen LogP contribution in [0.3, 0.4) is 0 Å². The third-order valence-corrected chi connectivity index (χ3v) is 6.41. The molecule has 0 amide bonds. The van der Waals surface area contributed by atoms with Crippen molar-refractivity contribution in [3.63, 3.8) is 0 Å². The minimum Gasteiger partial charge on any atom is -0.224 e. The van der Waals surface area contributed by atoms with Gasteiger partial charge in [-0.25, -0.2) is 16.8 Å². The van der Waals surface area contributed by atoms with Gasteiger partial charge in [-0.2, -0.15) is 13.2 Å². The summed E-state index contributed by atoms with van der Waals surface area (Å²) in [5, 5.41) is 0. The third-order valence-electron chi connectivity index (χ3n) is 3.55. The Morgan fingerprint density at radius 3 is 1.72 bits per heavy atom. The van der Waals surface area contributed by atoms with Gasteiger partial charge in [0.2, 0.25) is 0 Å². The van der Waals surface area contributed by atoms with Crippen LogP contribution in [-0.2, 0) is 32.3 Å². The van der Waals surface area contributed by atoms with Gasteiger partial charge >= 0.3 is 6.18 Å². The monoisotopic (exact) mass is 392 g/mol. The predicted molar refractivity (Wildman–Crippen MR) is 86.8 cm³/mol. The van der Waals surface area contributed by atoms with Gasteiger partial charge in [0, 0.05) is 6.26 Å². The Bertz CT molecular complexity index is 944. The minimum atomic E-state index is -4.44. The number of sulfone groups is 2. The lowest BCUT2D eigenvalue weighted by Crippen LogP contribution is -2.10. The minimum absolute atomic E-state index is 0.00851. The quantitative estimate of drug-likeness (QED) is 0.784. The fourth-order valence-electron chi connectivity index (χ4n) is 2.12. The van der Waals surface area contributed by atoms with E-state index in [9.17, 15) is 30.0 Å². The van der Waals surface area contributed by atoms with Crippen LogP contribution in [0.25, 0.3) is 0 Å². The Balaban J connectivity index is 2.11. The second-order valence-corrected chi connectivity index (χ2v) is 9.63. The Labute approximate surface area is 144 Å². The van der Waals surface area contributed by atoms with Crippen LogP contribution in [0.1, 0.15) is 11.1 Å². The second kappa shape index (κ2) is 6.80. The summed E-state index contributed by atoms with van der Waals surface area (Å²) in [5.41, 5.74) is -0.334. The number of hydrogen-bond acceptors (Lipinski definition) is 4. The molecule has 2 rings (SSSR count). The van der Waals surface area contributed by atoms with Crippen LogP contribution in [0.4, 0.5) is 13.2 Å². The molecule has 0 atom stereocenters. The molecule has 0 spiro atoms. The first-order chi connectivity index (χ1) is 11.4. The van der Waals surface area contributed by atoms with Crippen molar-refractivity contribution < 1.29 is 30.0 Å². The normalized spacial score (nSPS) is 13.0. The number of rotatable bonds is 5. The molecule has 0 heterocycles. The molecule has 2 aromatic carbocycles. The molecule has 0 aliphatic rings. The van der Waals surface area contributed by atoms with E-state index in [1.165, 1.54) is 36.4 Å². The summed E-state index contributed by atoms with van der Waals surface area (Å²) in [4.78, 5) is -0.0269. The van der Waals surface area contributed by atoms with Gasteiger partial charge in [-0.05, 0) is 48.4 Å². The standard InChI is InChI=1S/C16H15F3O4S2/c1-24(20,21)14-6-8-15(9-7-14)25(22,23)11-10-12-2-4-13(5-3-12)16(17,18)19/h2-9H,10-11H2,1H3. The van der Waals surface area contributed by atoms with Gasteiger partial charge in [-0.3, -0.25) is 0 Å². The van der Waals surface area contributed by atoms with Crippen LogP contribution in [-0.4, -0.2) is 28.8 Å². The lowest BCUT2D eigenvalue weighted by Gasteiger charge is -2.08. The summed E-state index contributed by atoms with van der Waals surface area (Å²) < 4.78 is 84.8. The molecule has 25 heavy (non-hydrogen) atoms. The molecule has 0 saturated carbocycles. The van der Waals surface area contributed by atoms with E-state index in [4.69, 9.17) is 0 Å². The van der Waals surface area contributed by atoms with Crippen LogP contribution in [0.5, 0.6) is 0 Å². The van der Waals surface area contributed by atoms with Crippen molar-refractivity contribution in [2.75, 3.05) is 12.0 Å². The average molecular weight is 392 g/mol. The fourth-order valence-corrected chi connectivity index (χ4v) is 4.05. The molecule has 0 unspecified atom stereocenters. The maximum Gasteiger partial charge on any atom is 0.416 e. The average Bonchev–Trinajstić information content (AvgIpc) is 2.52. The van der Waals surface area contributed by atoms with E-state index in [2.05, 4.69) is 0 Å². The van der Waals surface area contributed by atoms with Crippen molar-refractivity contribution in [3.8, 4) is 0 Å². The zero-order valence-electron chi connectivity index (χ0n) is 13.1. The van der Waals surface area contributed by atoms with Crippen molar-refractivity contribution >= 4 is 19.7 Å². The summed E-state index contributed by atoms with van der Waals surface area (Å²) in [7, 11) is -7.10. The maximum atomic E-state index is 12.5. The highest BCUT2D eigenvalue weighted by atomic mass is 32.2. The molecule has 0 aliphatic carbocycles. The van der Waals surface area contributed by atoms with Gasteiger partial charge < -0.3 is 0 Å². The molecule has 4 nitrogen and oxygen atoms in total. The zero-order valence-corrected chi connectivity index (χ0v) is 14.7. The van der Waals surface area contributed by atoms with Gasteiger partial charge in [0.1, 0.15) is 0 Å². The molecule has 2 aromatic rings. The Kier molecular flexibility index (Phi) is 5.29. The second-order valence-electron chi connectivity index (χ2n) is 5.51. The van der Waals surface area contributed by atoms with E-state index < -0.39 is 31.4 Å². The highest BCUT2D eigenvalue weighted by molar-refractivity contribution is 7.91. The molecule has 0 aromatic heterocycles. The van der Waals surface area contributed by atoms with Crippen molar-refractivity contribution in [2.24, 2.45) is 0 Å². The summed E-state index contributed by atoms with van der Waals surface area (Å²) >= 11 is 0. The summed E-state index contributed by atoms with van der Waals surface area (Å²) in [6.07, 6.45) is -3.37. The molecular formula is C16H15F3O4S2. The summed E-state index contributed by atoms with van der Waals surface area (Å²) in [6.45, 7) is 0. The highest BCUT2D eigenvalue weighted by Gasteiger charge is 2.30. The van der Waals surface area contributed by atoms with Crippen LogP contribution >= 0.6 is 0 Å². The topological polar surface area (TPSA) is 68.3 Å². The number of aryl methyl sites for hydroxylation is 1. The van der Waals surface area contributed by atoms with Crippen LogP contribution in [0.2, 0.25) is 0 Å². The number of benzene rings is 2. The first kappa shape index (κ1) is 19.5. The summed E-state index contributed by atoms with van der Waals surface area (Å²) in [5.74, 6) is -0.295. The maximum absolute atomic E-state index is 12.5. The van der Waals surface area contributed by atoms with E-state index >= 15 is 0 Å². The molecule has 0 fully saturated rings. The molecule has 0 bridgehead atoms. The van der Waals surface area contributed by atoms with Crippen LogP contribution in [0, 0.1) is 0 Å². The van der Waals surface area contributed by atoms with Gasteiger partial charge in [0.05, 0.1) is 21.1 Å². The predicted octanol–water partition coefficient (Wildman–Crippen LogP) is 3.13. The fraction of sp³-hybridized carbons (Fsp3) is 0.250. The van der Waals surface area contributed by atoms with Crippen molar-refractivity contribution in [2.45, 2.75) is 22.4 Å². The Morgan fingerprint density at radius 1 is 0.800 bits per heavy atom. The molecular weight excluding hydrogens is 377 g/mol.